The Labute approximate surface area is 66.0 Å². The average molecular weight is 159 g/mol. The summed E-state index contributed by atoms with van der Waals surface area (Å²) in [7, 11) is 0. The summed E-state index contributed by atoms with van der Waals surface area (Å²) >= 11 is 1.85. The molecule has 0 radical (unpaired) electrons. The van der Waals surface area contributed by atoms with Crippen LogP contribution in [0.4, 0.5) is 0 Å². The van der Waals surface area contributed by atoms with Crippen molar-refractivity contribution in [2.24, 2.45) is 0 Å². The van der Waals surface area contributed by atoms with Crippen molar-refractivity contribution in [3.05, 3.63) is 12.3 Å². The zero-order valence-corrected chi connectivity index (χ0v) is 7.04. The summed E-state index contributed by atoms with van der Waals surface area (Å²) in [5, 5.41) is 3.61. The highest BCUT2D eigenvalue weighted by molar-refractivity contribution is 8.00. The van der Waals surface area contributed by atoms with E-state index in [1.165, 1.54) is 0 Å². The second kappa shape index (κ2) is 3.88. The van der Waals surface area contributed by atoms with Crippen LogP contribution in [0.1, 0.15) is 6.92 Å². The third-order valence-electron chi connectivity index (χ3n) is 1.34. The van der Waals surface area contributed by atoms with Crippen molar-refractivity contribution in [3.63, 3.8) is 0 Å². The quantitative estimate of drug-likeness (QED) is 0.625. The molecule has 3 heteroatoms. The summed E-state index contributed by atoms with van der Waals surface area (Å²) in [4.78, 5) is 0. The van der Waals surface area contributed by atoms with Gasteiger partial charge < -0.3 is 4.74 Å². The fourth-order valence-corrected chi connectivity index (χ4v) is 1.85. The van der Waals surface area contributed by atoms with Crippen molar-refractivity contribution >= 4 is 11.8 Å². The van der Waals surface area contributed by atoms with Crippen LogP contribution in [0.25, 0.3) is 0 Å². The number of hydrogen-bond donors (Lipinski definition) is 1. The van der Waals surface area contributed by atoms with Crippen molar-refractivity contribution in [1.29, 1.82) is 0 Å². The van der Waals surface area contributed by atoms with E-state index in [0.717, 1.165) is 24.7 Å². The molecule has 1 fully saturated rings. The molecule has 58 valence electrons. The summed E-state index contributed by atoms with van der Waals surface area (Å²) in [6, 6.07) is 0. The highest BCUT2D eigenvalue weighted by Gasteiger charge is 2.17. The zero-order valence-electron chi connectivity index (χ0n) is 6.22. The molecular weight excluding hydrogens is 146 g/mol. The predicted octanol–water partition coefficient (Wildman–Crippen LogP) is 1.20. The first-order valence-corrected chi connectivity index (χ1v) is 4.56. The third kappa shape index (κ3) is 1.92. The van der Waals surface area contributed by atoms with Crippen molar-refractivity contribution in [2.75, 3.05) is 18.9 Å². The SMILES string of the molecule is C=C(OCC)C1NCCS1. The minimum absolute atomic E-state index is 0.333. The van der Waals surface area contributed by atoms with Crippen molar-refractivity contribution < 1.29 is 4.74 Å². The molecule has 0 aromatic heterocycles. The van der Waals surface area contributed by atoms with Crippen LogP contribution in [-0.4, -0.2) is 24.3 Å². The molecular formula is C7H13NOS. The van der Waals surface area contributed by atoms with E-state index in [9.17, 15) is 0 Å². The molecule has 1 saturated heterocycles. The fraction of sp³-hybridized carbons (Fsp3) is 0.714. The number of thioether (sulfide) groups is 1. The third-order valence-corrected chi connectivity index (χ3v) is 2.54. The van der Waals surface area contributed by atoms with Gasteiger partial charge in [0.2, 0.25) is 0 Å². The zero-order chi connectivity index (χ0) is 7.40. The lowest BCUT2D eigenvalue weighted by Gasteiger charge is -2.12. The van der Waals surface area contributed by atoms with Crippen molar-refractivity contribution in [2.45, 2.75) is 12.3 Å². The number of ether oxygens (including phenoxy) is 1. The summed E-state index contributed by atoms with van der Waals surface area (Å²) < 4.78 is 5.25. The Kier molecular flexibility index (Phi) is 3.09. The normalized spacial score (nSPS) is 24.7. The average Bonchev–Trinajstić information content (AvgIpc) is 2.38. The Morgan fingerprint density at radius 2 is 2.70 bits per heavy atom. The molecule has 0 aromatic carbocycles. The van der Waals surface area contributed by atoms with E-state index in [0.29, 0.717) is 5.37 Å². The lowest BCUT2D eigenvalue weighted by atomic mass is 10.5. The predicted molar refractivity (Wildman–Crippen MR) is 45.0 cm³/mol. The van der Waals surface area contributed by atoms with Gasteiger partial charge >= 0.3 is 0 Å². The van der Waals surface area contributed by atoms with E-state index in [1.54, 1.807) is 0 Å². The first-order valence-electron chi connectivity index (χ1n) is 3.51. The number of hydrogen-bond acceptors (Lipinski definition) is 3. The van der Waals surface area contributed by atoms with Gasteiger partial charge in [0, 0.05) is 12.3 Å². The van der Waals surface area contributed by atoms with Gasteiger partial charge in [0.25, 0.3) is 0 Å². The Bertz CT molecular complexity index is 121. The van der Waals surface area contributed by atoms with Crippen LogP contribution in [0.15, 0.2) is 12.3 Å². The molecule has 1 aliphatic heterocycles. The Hall–Kier alpha value is -0.150. The lowest BCUT2D eigenvalue weighted by molar-refractivity contribution is 0.219. The number of rotatable bonds is 3. The molecule has 0 spiro atoms. The molecule has 0 aliphatic carbocycles. The number of nitrogens with one attached hydrogen (secondary N) is 1. The highest BCUT2D eigenvalue weighted by atomic mass is 32.2. The molecule has 0 saturated carbocycles. The largest absolute Gasteiger partial charge is 0.496 e. The van der Waals surface area contributed by atoms with Gasteiger partial charge in [-0.05, 0) is 6.92 Å². The van der Waals surface area contributed by atoms with Gasteiger partial charge in [-0.2, -0.15) is 0 Å². The molecule has 10 heavy (non-hydrogen) atoms. The maximum absolute atomic E-state index is 5.25. The van der Waals surface area contributed by atoms with Crippen molar-refractivity contribution in [3.8, 4) is 0 Å². The van der Waals surface area contributed by atoms with Gasteiger partial charge in [-0.15, -0.1) is 11.8 Å². The van der Waals surface area contributed by atoms with Crippen LogP contribution in [0.5, 0.6) is 0 Å². The van der Waals surface area contributed by atoms with E-state index in [4.69, 9.17) is 4.74 Å². The molecule has 0 bridgehead atoms. The van der Waals surface area contributed by atoms with Crippen LogP contribution in [0.3, 0.4) is 0 Å². The Morgan fingerprint density at radius 3 is 3.20 bits per heavy atom. The molecule has 2 nitrogen and oxygen atoms in total. The maximum atomic E-state index is 5.25. The minimum Gasteiger partial charge on any atom is -0.496 e. The van der Waals surface area contributed by atoms with Gasteiger partial charge in [-0.1, -0.05) is 6.58 Å². The van der Waals surface area contributed by atoms with E-state index < -0.39 is 0 Å². The van der Waals surface area contributed by atoms with Gasteiger partial charge in [0.1, 0.15) is 11.1 Å². The van der Waals surface area contributed by atoms with Gasteiger partial charge in [-0.25, -0.2) is 0 Å². The van der Waals surface area contributed by atoms with Crippen LogP contribution in [0.2, 0.25) is 0 Å². The Morgan fingerprint density at radius 1 is 1.90 bits per heavy atom. The highest BCUT2D eigenvalue weighted by Crippen LogP contribution is 2.20. The molecule has 1 heterocycles. The topological polar surface area (TPSA) is 21.3 Å². The first-order chi connectivity index (χ1) is 4.84. The maximum Gasteiger partial charge on any atom is 0.116 e. The molecule has 0 aromatic rings. The summed E-state index contributed by atoms with van der Waals surface area (Å²) in [5.41, 5.74) is 0. The second-order valence-corrected chi connectivity index (χ2v) is 3.32. The van der Waals surface area contributed by atoms with E-state index >= 15 is 0 Å². The summed E-state index contributed by atoms with van der Waals surface area (Å²) in [6.07, 6.45) is 0. The lowest BCUT2D eigenvalue weighted by Crippen LogP contribution is -2.22. The van der Waals surface area contributed by atoms with Crippen molar-refractivity contribution in [1.82, 2.24) is 5.32 Å². The van der Waals surface area contributed by atoms with Gasteiger partial charge in [0.05, 0.1) is 6.61 Å². The molecule has 1 atom stereocenters. The summed E-state index contributed by atoms with van der Waals surface area (Å²) in [5.74, 6) is 2.03. The van der Waals surface area contributed by atoms with E-state index in [2.05, 4.69) is 11.9 Å². The molecule has 1 aliphatic rings. The summed E-state index contributed by atoms with van der Waals surface area (Å²) in [6.45, 7) is 7.59. The van der Waals surface area contributed by atoms with Gasteiger partial charge in [-0.3, -0.25) is 5.32 Å². The minimum atomic E-state index is 0.333. The first kappa shape index (κ1) is 7.95. The van der Waals surface area contributed by atoms with Crippen LogP contribution < -0.4 is 5.32 Å². The molecule has 1 rings (SSSR count). The fourth-order valence-electron chi connectivity index (χ4n) is 0.894. The standard InChI is InChI=1S/C7H13NOS/c1-3-9-6(2)7-8-4-5-10-7/h7-8H,2-5H2,1H3. The second-order valence-electron chi connectivity index (χ2n) is 2.10. The monoisotopic (exact) mass is 159 g/mol. The Balaban J connectivity index is 2.25. The smallest absolute Gasteiger partial charge is 0.116 e. The molecule has 0 amide bonds. The van der Waals surface area contributed by atoms with Crippen LogP contribution in [0, 0.1) is 0 Å². The van der Waals surface area contributed by atoms with Crippen LogP contribution >= 0.6 is 11.8 Å². The van der Waals surface area contributed by atoms with Gasteiger partial charge in [0.15, 0.2) is 0 Å². The van der Waals surface area contributed by atoms with Crippen LogP contribution in [-0.2, 0) is 4.74 Å². The van der Waals surface area contributed by atoms with E-state index in [-0.39, 0.29) is 0 Å². The molecule has 1 unspecified atom stereocenters. The van der Waals surface area contributed by atoms with E-state index in [1.807, 2.05) is 18.7 Å². The molecule has 1 N–H and O–H groups in total.